The molecule has 4 rings (SSSR count). The molecule has 37 heavy (non-hydrogen) atoms. The predicted molar refractivity (Wildman–Crippen MR) is 132 cm³/mol. The predicted octanol–water partition coefficient (Wildman–Crippen LogP) is 4.38. The Kier molecular flexibility index (Phi) is 6.87. The number of carboxylic acid groups (broad SMARTS) is 1. The van der Waals surface area contributed by atoms with Crippen LogP contribution >= 0.6 is 0 Å². The molecule has 0 bridgehead atoms. The van der Waals surface area contributed by atoms with Gasteiger partial charge in [0.15, 0.2) is 0 Å². The van der Waals surface area contributed by atoms with Gasteiger partial charge in [0, 0.05) is 35.1 Å². The summed E-state index contributed by atoms with van der Waals surface area (Å²) in [4.78, 5) is 51.2. The third kappa shape index (κ3) is 5.40. The lowest BCUT2D eigenvalue weighted by Gasteiger charge is -2.09. The number of amides is 4. The van der Waals surface area contributed by atoms with E-state index in [0.29, 0.717) is 35.0 Å². The number of aromatic amines is 1. The molecule has 0 saturated carbocycles. The first-order valence-corrected chi connectivity index (χ1v) is 11.2. The highest BCUT2D eigenvalue weighted by Crippen LogP contribution is 2.36. The van der Waals surface area contributed by atoms with Crippen LogP contribution in [0.5, 0.6) is 0 Å². The number of benzene rings is 2. The number of fused-ring (bicyclic) bond motifs is 1. The van der Waals surface area contributed by atoms with Crippen molar-refractivity contribution in [1.29, 1.82) is 0 Å². The second-order valence-electron chi connectivity index (χ2n) is 8.47. The van der Waals surface area contributed by atoms with Gasteiger partial charge in [-0.15, -0.1) is 0 Å². The Labute approximate surface area is 209 Å². The minimum atomic E-state index is -1.11. The summed E-state index contributed by atoms with van der Waals surface area (Å²) < 4.78 is 26.8. The van der Waals surface area contributed by atoms with E-state index in [1.165, 1.54) is 12.1 Å². The summed E-state index contributed by atoms with van der Waals surface area (Å²) in [6, 6.07) is 6.06. The van der Waals surface area contributed by atoms with Crippen molar-refractivity contribution in [3.8, 4) is 0 Å². The van der Waals surface area contributed by atoms with Gasteiger partial charge in [-0.1, -0.05) is 6.07 Å². The normalized spacial score (nSPS) is 13.3. The number of carbonyl (C=O) groups excluding carboxylic acids is 3. The largest absolute Gasteiger partial charge is 0.481 e. The minimum absolute atomic E-state index is 0.00729. The molecular formula is C26H22F2N4O5. The lowest BCUT2D eigenvalue weighted by molar-refractivity contribution is -0.137. The van der Waals surface area contributed by atoms with Crippen molar-refractivity contribution < 1.29 is 33.1 Å². The minimum Gasteiger partial charge on any atom is -0.481 e. The number of carbonyl (C=O) groups is 4. The van der Waals surface area contributed by atoms with Gasteiger partial charge in [0.2, 0.25) is 0 Å². The molecule has 0 aliphatic carbocycles. The molecule has 2 aromatic carbocycles. The summed E-state index contributed by atoms with van der Waals surface area (Å²) in [5.41, 5.74) is 4.40. The number of rotatable bonds is 6. The molecule has 1 aliphatic heterocycles. The van der Waals surface area contributed by atoms with Crippen LogP contribution in [0.4, 0.5) is 25.0 Å². The van der Waals surface area contributed by atoms with E-state index in [-0.39, 0.29) is 18.0 Å². The second kappa shape index (κ2) is 10.1. The number of H-pyrrole nitrogens is 1. The summed E-state index contributed by atoms with van der Waals surface area (Å²) in [5.74, 6) is -4.26. The first-order chi connectivity index (χ1) is 17.5. The second-order valence-corrected chi connectivity index (χ2v) is 8.47. The van der Waals surface area contributed by atoms with E-state index in [2.05, 4.69) is 15.6 Å². The van der Waals surface area contributed by atoms with Crippen LogP contribution in [0.2, 0.25) is 0 Å². The smallest absolute Gasteiger partial charge is 0.326 e. The molecule has 5 N–H and O–H groups in total. The fourth-order valence-electron chi connectivity index (χ4n) is 4.13. The zero-order chi connectivity index (χ0) is 26.9. The maximum Gasteiger partial charge on any atom is 0.326 e. The van der Waals surface area contributed by atoms with Gasteiger partial charge < -0.3 is 20.7 Å². The number of aromatic nitrogens is 1. The summed E-state index contributed by atoms with van der Waals surface area (Å²) in [5, 5.41) is 16.1. The van der Waals surface area contributed by atoms with E-state index in [1.54, 1.807) is 12.1 Å². The topological polar surface area (TPSA) is 140 Å². The third-order valence-corrected chi connectivity index (χ3v) is 5.97. The van der Waals surface area contributed by atoms with Crippen LogP contribution in [0.25, 0.3) is 11.6 Å². The molecule has 1 aliphatic rings. The Balaban J connectivity index is 1.50. The number of aliphatic carboxylic acids is 1. The fourth-order valence-corrected chi connectivity index (χ4v) is 4.13. The Morgan fingerprint density at radius 2 is 1.84 bits per heavy atom. The average Bonchev–Trinajstić information content (AvgIpc) is 3.26. The zero-order valence-electron chi connectivity index (χ0n) is 19.8. The SMILES string of the molecule is Cc1[nH]c(C=C2C(=O)Nc3cc(NC(=O)NC(=O)c4ccc(F)cc4F)ccc32)c(C)c1CCC(=O)O. The quantitative estimate of drug-likeness (QED) is 0.314. The number of imide groups is 1. The average molecular weight is 508 g/mol. The van der Waals surface area contributed by atoms with Gasteiger partial charge in [0.05, 0.1) is 16.8 Å². The molecule has 1 aromatic heterocycles. The molecule has 0 saturated heterocycles. The molecule has 0 spiro atoms. The first-order valence-electron chi connectivity index (χ1n) is 11.2. The van der Waals surface area contributed by atoms with Crippen LogP contribution in [0.15, 0.2) is 36.4 Å². The molecule has 0 unspecified atom stereocenters. The Bertz CT molecular complexity index is 1490. The van der Waals surface area contributed by atoms with Gasteiger partial charge in [-0.3, -0.25) is 19.7 Å². The van der Waals surface area contributed by atoms with Crippen LogP contribution < -0.4 is 16.0 Å². The van der Waals surface area contributed by atoms with E-state index in [4.69, 9.17) is 5.11 Å². The van der Waals surface area contributed by atoms with Gasteiger partial charge in [0.25, 0.3) is 11.8 Å². The van der Waals surface area contributed by atoms with Crippen molar-refractivity contribution in [2.45, 2.75) is 26.7 Å². The Morgan fingerprint density at radius 1 is 1.08 bits per heavy atom. The van der Waals surface area contributed by atoms with Crippen molar-refractivity contribution in [3.63, 3.8) is 0 Å². The van der Waals surface area contributed by atoms with Gasteiger partial charge in [-0.2, -0.15) is 0 Å². The standard InChI is InChI=1S/C26H22F2N4O5/c1-12-16(7-8-23(33)34)13(2)29-21(12)11-19-17-6-4-15(10-22(17)31-25(19)36)30-26(37)32-24(35)18-5-3-14(27)9-20(18)28/h3-6,9-11,29H,7-8H2,1-2H3,(H,31,36)(H,33,34)(H2,30,32,35,37). The van der Waals surface area contributed by atoms with E-state index in [1.807, 2.05) is 19.2 Å². The molecule has 0 fully saturated rings. The number of halogens is 2. The molecule has 4 amide bonds. The molecule has 11 heteroatoms. The summed E-state index contributed by atoms with van der Waals surface area (Å²) in [6.07, 6.45) is 2.04. The molecule has 0 radical (unpaired) electrons. The highest BCUT2D eigenvalue weighted by Gasteiger charge is 2.26. The zero-order valence-corrected chi connectivity index (χ0v) is 19.8. The van der Waals surface area contributed by atoms with E-state index < -0.39 is 35.1 Å². The van der Waals surface area contributed by atoms with Gasteiger partial charge >= 0.3 is 12.0 Å². The van der Waals surface area contributed by atoms with Crippen LogP contribution in [0, 0.1) is 25.5 Å². The molecule has 3 aromatic rings. The summed E-state index contributed by atoms with van der Waals surface area (Å²) in [6.45, 7) is 3.69. The van der Waals surface area contributed by atoms with Gasteiger partial charge in [-0.25, -0.2) is 13.6 Å². The number of anilines is 2. The highest BCUT2D eigenvalue weighted by molar-refractivity contribution is 6.35. The van der Waals surface area contributed by atoms with Crippen LogP contribution in [0.3, 0.4) is 0 Å². The van der Waals surface area contributed by atoms with E-state index in [9.17, 15) is 28.0 Å². The number of carboxylic acids is 1. The maximum atomic E-state index is 13.8. The number of aryl methyl sites for hydroxylation is 1. The van der Waals surface area contributed by atoms with Crippen LogP contribution in [-0.4, -0.2) is 33.9 Å². The van der Waals surface area contributed by atoms with E-state index >= 15 is 0 Å². The molecule has 0 atom stereocenters. The lowest BCUT2D eigenvalue weighted by atomic mass is 10.0. The fraction of sp³-hybridized carbons (Fsp3) is 0.154. The Hall–Kier alpha value is -4.80. The van der Waals surface area contributed by atoms with Crippen LogP contribution in [-0.2, 0) is 16.0 Å². The number of urea groups is 1. The van der Waals surface area contributed by atoms with Crippen LogP contribution in [0.1, 0.15) is 44.9 Å². The Morgan fingerprint density at radius 3 is 2.54 bits per heavy atom. The number of hydrogen-bond acceptors (Lipinski definition) is 4. The number of hydrogen-bond donors (Lipinski definition) is 5. The van der Waals surface area contributed by atoms with Gasteiger partial charge in [-0.05, 0) is 61.7 Å². The molecule has 9 nitrogen and oxygen atoms in total. The number of nitrogens with one attached hydrogen (secondary N) is 4. The monoisotopic (exact) mass is 508 g/mol. The highest BCUT2D eigenvalue weighted by atomic mass is 19.1. The first kappa shape index (κ1) is 25.3. The van der Waals surface area contributed by atoms with Crippen molar-refractivity contribution >= 4 is 46.8 Å². The van der Waals surface area contributed by atoms with Crippen molar-refractivity contribution in [2.24, 2.45) is 0 Å². The molecule has 190 valence electrons. The van der Waals surface area contributed by atoms with Crippen molar-refractivity contribution in [2.75, 3.05) is 10.6 Å². The lowest BCUT2D eigenvalue weighted by Crippen LogP contribution is -2.34. The molecule has 2 heterocycles. The van der Waals surface area contributed by atoms with E-state index in [0.717, 1.165) is 29.0 Å². The molecular weight excluding hydrogens is 486 g/mol. The third-order valence-electron chi connectivity index (χ3n) is 5.97. The maximum absolute atomic E-state index is 13.8. The van der Waals surface area contributed by atoms with Crippen molar-refractivity contribution in [1.82, 2.24) is 10.3 Å². The summed E-state index contributed by atoms with van der Waals surface area (Å²) >= 11 is 0. The summed E-state index contributed by atoms with van der Waals surface area (Å²) in [7, 11) is 0. The van der Waals surface area contributed by atoms with Gasteiger partial charge in [0.1, 0.15) is 11.6 Å². The van der Waals surface area contributed by atoms with Crippen molar-refractivity contribution in [3.05, 3.63) is 81.7 Å².